The first-order valence-electron chi connectivity index (χ1n) is 4.79. The van der Waals surface area contributed by atoms with E-state index in [1.54, 1.807) is 6.07 Å². The van der Waals surface area contributed by atoms with Crippen molar-refractivity contribution in [1.29, 1.82) is 0 Å². The molecule has 2 heterocycles. The Morgan fingerprint density at radius 3 is 3.14 bits per heavy atom. The fraction of sp³-hybridized carbons (Fsp3) is 0.556. The molecule has 5 heteroatoms. The van der Waals surface area contributed by atoms with Crippen molar-refractivity contribution in [2.75, 3.05) is 13.1 Å². The van der Waals surface area contributed by atoms with Crippen LogP contribution in [0.1, 0.15) is 22.6 Å². The summed E-state index contributed by atoms with van der Waals surface area (Å²) >= 11 is 0. The fourth-order valence-corrected chi connectivity index (χ4v) is 1.57. The number of aryl methyl sites for hydroxylation is 1. The highest BCUT2D eigenvalue weighted by molar-refractivity contribution is 5.92. The van der Waals surface area contributed by atoms with Gasteiger partial charge in [-0.3, -0.25) is 9.89 Å². The summed E-state index contributed by atoms with van der Waals surface area (Å²) < 4.78 is 0. The van der Waals surface area contributed by atoms with Crippen LogP contribution in [-0.4, -0.2) is 35.2 Å². The molecule has 0 radical (unpaired) electrons. The Labute approximate surface area is 82.3 Å². The van der Waals surface area contributed by atoms with E-state index in [4.69, 9.17) is 0 Å². The highest BCUT2D eigenvalue weighted by Crippen LogP contribution is 2.01. The van der Waals surface area contributed by atoms with Crippen molar-refractivity contribution >= 4 is 5.91 Å². The summed E-state index contributed by atoms with van der Waals surface area (Å²) in [7, 11) is 0. The second-order valence-electron chi connectivity index (χ2n) is 3.60. The minimum atomic E-state index is -0.0944. The molecule has 3 N–H and O–H groups in total. The van der Waals surface area contributed by atoms with E-state index in [1.807, 2.05) is 6.92 Å². The molecule has 14 heavy (non-hydrogen) atoms. The summed E-state index contributed by atoms with van der Waals surface area (Å²) in [5.41, 5.74) is 1.37. The molecule has 1 fully saturated rings. The molecule has 1 amide bonds. The molecule has 1 aliphatic heterocycles. The van der Waals surface area contributed by atoms with E-state index in [9.17, 15) is 4.79 Å². The molecule has 0 saturated carbocycles. The van der Waals surface area contributed by atoms with Gasteiger partial charge in [0.05, 0.1) is 0 Å². The van der Waals surface area contributed by atoms with Crippen LogP contribution in [-0.2, 0) is 0 Å². The molecular formula is C9H14N4O. The summed E-state index contributed by atoms with van der Waals surface area (Å²) in [5.74, 6) is -0.0944. The molecule has 1 aromatic rings. The number of rotatable bonds is 2. The van der Waals surface area contributed by atoms with E-state index in [0.29, 0.717) is 5.69 Å². The molecule has 0 unspecified atom stereocenters. The summed E-state index contributed by atoms with van der Waals surface area (Å²) in [6.07, 6.45) is 0.995. The smallest absolute Gasteiger partial charge is 0.272 e. The highest BCUT2D eigenvalue weighted by Gasteiger charge is 2.18. The molecule has 0 spiro atoms. The summed E-state index contributed by atoms with van der Waals surface area (Å²) in [6.45, 7) is 3.71. The maximum Gasteiger partial charge on any atom is 0.272 e. The Morgan fingerprint density at radius 1 is 1.71 bits per heavy atom. The zero-order valence-electron chi connectivity index (χ0n) is 8.13. The average molecular weight is 194 g/mol. The molecule has 2 rings (SSSR count). The number of hydrogen-bond acceptors (Lipinski definition) is 3. The Morgan fingerprint density at radius 2 is 2.57 bits per heavy atom. The van der Waals surface area contributed by atoms with Crippen LogP contribution in [0.3, 0.4) is 0 Å². The topological polar surface area (TPSA) is 69.8 Å². The van der Waals surface area contributed by atoms with Crippen LogP contribution >= 0.6 is 0 Å². The molecule has 0 aromatic carbocycles. The van der Waals surface area contributed by atoms with Gasteiger partial charge in [-0.05, 0) is 26.0 Å². The Kier molecular flexibility index (Phi) is 2.49. The van der Waals surface area contributed by atoms with Crippen molar-refractivity contribution in [2.45, 2.75) is 19.4 Å². The number of carbonyl (C=O) groups excluding carboxylic acids is 1. The minimum Gasteiger partial charge on any atom is -0.347 e. The van der Waals surface area contributed by atoms with Crippen LogP contribution < -0.4 is 10.6 Å². The van der Waals surface area contributed by atoms with Crippen molar-refractivity contribution in [3.05, 3.63) is 17.5 Å². The van der Waals surface area contributed by atoms with Gasteiger partial charge in [0, 0.05) is 18.3 Å². The normalized spacial score (nSPS) is 21.1. The zero-order chi connectivity index (χ0) is 9.97. The molecule has 1 saturated heterocycles. The number of hydrogen-bond donors (Lipinski definition) is 3. The van der Waals surface area contributed by atoms with Gasteiger partial charge in [-0.15, -0.1) is 0 Å². The number of nitrogens with zero attached hydrogens (tertiary/aromatic N) is 1. The molecule has 1 aromatic heterocycles. The van der Waals surface area contributed by atoms with Crippen molar-refractivity contribution < 1.29 is 4.79 Å². The number of carbonyl (C=O) groups is 1. The Hall–Kier alpha value is -1.36. The van der Waals surface area contributed by atoms with Crippen molar-refractivity contribution in [2.24, 2.45) is 0 Å². The third-order valence-corrected chi connectivity index (χ3v) is 2.33. The molecule has 5 nitrogen and oxygen atoms in total. The van der Waals surface area contributed by atoms with Gasteiger partial charge in [-0.25, -0.2) is 0 Å². The van der Waals surface area contributed by atoms with Gasteiger partial charge in [-0.2, -0.15) is 5.10 Å². The minimum absolute atomic E-state index is 0.0944. The van der Waals surface area contributed by atoms with Gasteiger partial charge in [0.25, 0.3) is 5.91 Å². The number of amides is 1. The Balaban J connectivity index is 1.95. The first-order chi connectivity index (χ1) is 6.75. The van der Waals surface area contributed by atoms with E-state index < -0.39 is 0 Å². The van der Waals surface area contributed by atoms with E-state index in [2.05, 4.69) is 20.8 Å². The highest BCUT2D eigenvalue weighted by atomic mass is 16.2. The van der Waals surface area contributed by atoms with Gasteiger partial charge in [0.1, 0.15) is 5.69 Å². The van der Waals surface area contributed by atoms with Crippen LogP contribution in [0.5, 0.6) is 0 Å². The second-order valence-corrected chi connectivity index (χ2v) is 3.60. The van der Waals surface area contributed by atoms with Crippen LogP contribution in [0.15, 0.2) is 6.07 Å². The third kappa shape index (κ3) is 1.93. The quantitative estimate of drug-likeness (QED) is 0.611. The lowest BCUT2D eigenvalue weighted by Crippen LogP contribution is -2.36. The number of nitrogens with one attached hydrogen (secondary N) is 3. The van der Waals surface area contributed by atoms with Crippen molar-refractivity contribution in [1.82, 2.24) is 20.8 Å². The molecule has 1 aliphatic rings. The van der Waals surface area contributed by atoms with E-state index in [1.165, 1.54) is 0 Å². The molecule has 1 atom stereocenters. The lowest BCUT2D eigenvalue weighted by atomic mass is 10.2. The standard InChI is InChI=1S/C9H14N4O/c1-6-4-8(13-12-6)9(14)11-7-2-3-10-5-7/h4,7,10H,2-3,5H2,1H3,(H,11,14)(H,12,13)/t7-/m1/s1. The van der Waals surface area contributed by atoms with Gasteiger partial charge in [0.2, 0.25) is 0 Å². The van der Waals surface area contributed by atoms with Crippen LogP contribution in [0.4, 0.5) is 0 Å². The van der Waals surface area contributed by atoms with Gasteiger partial charge in [-0.1, -0.05) is 0 Å². The predicted molar refractivity (Wildman–Crippen MR) is 52.1 cm³/mol. The van der Waals surface area contributed by atoms with E-state index in [-0.39, 0.29) is 11.9 Å². The van der Waals surface area contributed by atoms with Crippen LogP contribution in [0, 0.1) is 6.92 Å². The molecule has 0 aliphatic carbocycles. The van der Waals surface area contributed by atoms with Gasteiger partial charge in [0.15, 0.2) is 0 Å². The zero-order valence-corrected chi connectivity index (χ0v) is 8.13. The first kappa shape index (κ1) is 9.21. The number of aromatic nitrogens is 2. The predicted octanol–water partition coefficient (Wildman–Crippen LogP) is -0.190. The molecule has 0 bridgehead atoms. The second kappa shape index (κ2) is 3.79. The maximum atomic E-state index is 11.6. The largest absolute Gasteiger partial charge is 0.347 e. The van der Waals surface area contributed by atoms with Gasteiger partial charge < -0.3 is 10.6 Å². The van der Waals surface area contributed by atoms with E-state index >= 15 is 0 Å². The number of aromatic amines is 1. The van der Waals surface area contributed by atoms with Crippen LogP contribution in [0.2, 0.25) is 0 Å². The lowest BCUT2D eigenvalue weighted by Gasteiger charge is -2.08. The fourth-order valence-electron chi connectivity index (χ4n) is 1.57. The third-order valence-electron chi connectivity index (χ3n) is 2.33. The number of H-pyrrole nitrogens is 1. The monoisotopic (exact) mass is 194 g/mol. The van der Waals surface area contributed by atoms with Gasteiger partial charge >= 0.3 is 0 Å². The van der Waals surface area contributed by atoms with Crippen molar-refractivity contribution in [3.8, 4) is 0 Å². The van der Waals surface area contributed by atoms with Crippen molar-refractivity contribution in [3.63, 3.8) is 0 Å². The van der Waals surface area contributed by atoms with E-state index in [0.717, 1.165) is 25.2 Å². The SMILES string of the molecule is Cc1cc(C(=O)N[C@@H]2CCNC2)n[nH]1. The summed E-state index contributed by atoms with van der Waals surface area (Å²) in [5, 5.41) is 12.8. The van der Waals surface area contributed by atoms with Crippen LogP contribution in [0.25, 0.3) is 0 Å². The molecular weight excluding hydrogens is 180 g/mol. The lowest BCUT2D eigenvalue weighted by molar-refractivity contribution is 0.0935. The summed E-state index contributed by atoms with van der Waals surface area (Å²) in [4.78, 5) is 11.6. The Bertz CT molecular complexity index is 327. The first-order valence-corrected chi connectivity index (χ1v) is 4.79. The average Bonchev–Trinajstić information content (AvgIpc) is 2.75. The summed E-state index contributed by atoms with van der Waals surface area (Å²) in [6, 6.07) is 2.00. The maximum absolute atomic E-state index is 11.6. The molecule has 76 valence electrons.